The van der Waals surface area contributed by atoms with Gasteiger partial charge in [-0.1, -0.05) is 6.92 Å². The number of anilines is 1. The van der Waals surface area contributed by atoms with E-state index in [1.54, 1.807) is 18.2 Å². The molecule has 1 aromatic rings. The predicted octanol–water partition coefficient (Wildman–Crippen LogP) is 0.779. The van der Waals surface area contributed by atoms with Gasteiger partial charge in [-0.25, -0.2) is 0 Å². The molecule has 1 atom stereocenters. The Morgan fingerprint density at radius 2 is 2.17 bits per heavy atom. The highest BCUT2D eigenvalue weighted by Gasteiger charge is 2.09. The van der Waals surface area contributed by atoms with Crippen LogP contribution in [-0.2, 0) is 10.8 Å². The summed E-state index contributed by atoms with van der Waals surface area (Å²) in [5.74, 6) is 6.25. The molecule has 0 aromatic heterocycles. The molecule has 0 aliphatic heterocycles. The molecular weight excluding hydrogens is 250 g/mol. The average molecular weight is 269 g/mol. The van der Waals surface area contributed by atoms with Crippen LogP contribution in [0.25, 0.3) is 0 Å². The lowest BCUT2D eigenvalue weighted by Gasteiger charge is -2.09. The Bertz CT molecular complexity index is 449. The Morgan fingerprint density at radius 3 is 2.72 bits per heavy atom. The molecule has 0 fully saturated rings. The van der Waals surface area contributed by atoms with Gasteiger partial charge in [-0.2, -0.15) is 0 Å². The smallest absolute Gasteiger partial charge is 0.251 e. The molecule has 0 heterocycles. The number of hydrazine groups is 1. The van der Waals surface area contributed by atoms with Gasteiger partial charge < -0.3 is 10.7 Å². The summed E-state index contributed by atoms with van der Waals surface area (Å²) in [6.45, 7) is 4.14. The van der Waals surface area contributed by atoms with E-state index in [0.717, 1.165) is 11.3 Å². The fraction of sp³-hybridized carbons (Fsp3) is 0.417. The first-order chi connectivity index (χ1) is 8.58. The van der Waals surface area contributed by atoms with E-state index >= 15 is 0 Å². The van der Waals surface area contributed by atoms with E-state index in [4.69, 9.17) is 5.84 Å². The van der Waals surface area contributed by atoms with Gasteiger partial charge in [-0.05, 0) is 30.7 Å². The van der Waals surface area contributed by atoms with Crippen LogP contribution in [0.1, 0.15) is 22.8 Å². The molecule has 0 saturated heterocycles. The maximum Gasteiger partial charge on any atom is 0.251 e. The van der Waals surface area contributed by atoms with Crippen LogP contribution >= 0.6 is 0 Å². The number of nitrogens with two attached hydrogens (primary N) is 1. The summed E-state index contributed by atoms with van der Waals surface area (Å²) in [5, 5.41) is 2.76. The number of benzene rings is 1. The highest BCUT2D eigenvalue weighted by Crippen LogP contribution is 2.13. The van der Waals surface area contributed by atoms with Crippen LogP contribution in [0.4, 0.5) is 5.69 Å². The lowest BCUT2D eigenvalue weighted by molar-refractivity contribution is 0.0955. The van der Waals surface area contributed by atoms with Gasteiger partial charge in [-0.15, -0.1) is 0 Å². The number of nitrogen functional groups attached to an aromatic ring is 1. The minimum absolute atomic E-state index is 0.149. The second-order valence-electron chi connectivity index (χ2n) is 3.86. The second-order valence-corrected chi connectivity index (χ2v) is 5.73. The highest BCUT2D eigenvalue weighted by molar-refractivity contribution is 7.84. The quantitative estimate of drug-likeness (QED) is 0.526. The van der Waals surface area contributed by atoms with Crippen molar-refractivity contribution in [2.45, 2.75) is 13.8 Å². The second kappa shape index (κ2) is 7.13. The Labute approximate surface area is 110 Å². The molecule has 4 N–H and O–H groups in total. The third kappa shape index (κ3) is 4.12. The van der Waals surface area contributed by atoms with Gasteiger partial charge in [-0.3, -0.25) is 14.8 Å². The van der Waals surface area contributed by atoms with Crippen LogP contribution in [0.15, 0.2) is 18.2 Å². The summed E-state index contributed by atoms with van der Waals surface area (Å²) in [7, 11) is -0.851. The molecule has 1 aromatic carbocycles. The van der Waals surface area contributed by atoms with Gasteiger partial charge in [0.2, 0.25) is 0 Å². The zero-order valence-corrected chi connectivity index (χ0v) is 11.5. The summed E-state index contributed by atoms with van der Waals surface area (Å²) in [4.78, 5) is 11.9. The van der Waals surface area contributed by atoms with Crippen molar-refractivity contribution < 1.29 is 9.00 Å². The molecule has 18 heavy (non-hydrogen) atoms. The Morgan fingerprint density at radius 1 is 1.44 bits per heavy atom. The van der Waals surface area contributed by atoms with Crippen molar-refractivity contribution in [1.29, 1.82) is 0 Å². The summed E-state index contributed by atoms with van der Waals surface area (Å²) >= 11 is 0. The first-order valence-electron chi connectivity index (χ1n) is 5.79. The van der Waals surface area contributed by atoms with Gasteiger partial charge >= 0.3 is 0 Å². The van der Waals surface area contributed by atoms with Crippen molar-refractivity contribution in [2.75, 3.05) is 23.5 Å². The van der Waals surface area contributed by atoms with Crippen LogP contribution in [0.5, 0.6) is 0 Å². The van der Waals surface area contributed by atoms with E-state index in [9.17, 15) is 9.00 Å². The van der Waals surface area contributed by atoms with Crippen LogP contribution in [0, 0.1) is 6.92 Å². The minimum Gasteiger partial charge on any atom is -0.351 e. The fourth-order valence-corrected chi connectivity index (χ4v) is 2.14. The number of rotatable bonds is 6. The molecule has 6 heteroatoms. The number of carbonyl (C=O) groups is 1. The molecule has 0 aliphatic rings. The largest absolute Gasteiger partial charge is 0.351 e. The van der Waals surface area contributed by atoms with Crippen molar-refractivity contribution >= 4 is 22.4 Å². The number of aryl methyl sites for hydroxylation is 1. The van der Waals surface area contributed by atoms with Crippen LogP contribution < -0.4 is 16.6 Å². The Kier molecular flexibility index (Phi) is 5.80. The fourth-order valence-electron chi connectivity index (χ4n) is 1.53. The van der Waals surface area contributed by atoms with E-state index in [1.165, 1.54) is 0 Å². The molecule has 0 spiro atoms. The topological polar surface area (TPSA) is 84.2 Å². The molecule has 5 nitrogen and oxygen atoms in total. The predicted molar refractivity (Wildman–Crippen MR) is 74.9 cm³/mol. The Hall–Kier alpha value is -1.40. The number of hydrogen-bond donors (Lipinski definition) is 3. The van der Waals surface area contributed by atoms with Crippen LogP contribution in [-0.4, -0.2) is 28.2 Å². The lowest BCUT2D eigenvalue weighted by atomic mass is 10.1. The summed E-state index contributed by atoms with van der Waals surface area (Å²) in [6.07, 6.45) is 0. The van der Waals surface area contributed by atoms with Crippen molar-refractivity contribution in [3.8, 4) is 0 Å². The summed E-state index contributed by atoms with van der Waals surface area (Å²) < 4.78 is 11.2. The molecule has 0 radical (unpaired) electrons. The zero-order valence-electron chi connectivity index (χ0n) is 10.7. The van der Waals surface area contributed by atoms with Gasteiger partial charge in [0.15, 0.2) is 0 Å². The van der Waals surface area contributed by atoms with E-state index < -0.39 is 10.8 Å². The standard InChI is InChI=1S/C12H19N3O2S/c1-3-18(17)7-6-14-12(16)11-5-4-10(15-13)8-9(11)2/h4-5,8,15H,3,6-7,13H2,1-2H3,(H,14,16). The third-order valence-corrected chi connectivity index (χ3v) is 3.88. The van der Waals surface area contributed by atoms with Crippen molar-refractivity contribution in [2.24, 2.45) is 5.84 Å². The highest BCUT2D eigenvalue weighted by atomic mass is 32.2. The molecule has 1 unspecified atom stereocenters. The third-order valence-electron chi connectivity index (χ3n) is 2.57. The van der Waals surface area contributed by atoms with Gasteiger partial charge in [0.25, 0.3) is 5.91 Å². The number of nitrogens with one attached hydrogen (secondary N) is 2. The van der Waals surface area contributed by atoms with E-state index in [2.05, 4.69) is 10.7 Å². The van der Waals surface area contributed by atoms with E-state index in [-0.39, 0.29) is 5.91 Å². The van der Waals surface area contributed by atoms with E-state index in [0.29, 0.717) is 23.6 Å². The maximum absolute atomic E-state index is 11.9. The zero-order chi connectivity index (χ0) is 13.5. The molecule has 0 bridgehead atoms. The average Bonchev–Trinajstić information content (AvgIpc) is 2.37. The van der Waals surface area contributed by atoms with Gasteiger partial charge in [0.1, 0.15) is 0 Å². The normalized spacial score (nSPS) is 11.9. The van der Waals surface area contributed by atoms with Crippen LogP contribution in [0.2, 0.25) is 0 Å². The number of amides is 1. The van der Waals surface area contributed by atoms with Gasteiger partial charge in [0, 0.05) is 40.1 Å². The first-order valence-corrected chi connectivity index (χ1v) is 7.27. The molecule has 1 rings (SSSR count). The first kappa shape index (κ1) is 14.7. The van der Waals surface area contributed by atoms with Crippen LogP contribution in [0.3, 0.4) is 0 Å². The maximum atomic E-state index is 11.9. The number of carbonyl (C=O) groups excluding carboxylic acids is 1. The molecule has 1 amide bonds. The SMILES string of the molecule is CCS(=O)CCNC(=O)c1ccc(NN)cc1C. The molecule has 0 saturated carbocycles. The summed E-state index contributed by atoms with van der Waals surface area (Å²) in [5.41, 5.74) is 4.74. The lowest BCUT2D eigenvalue weighted by Crippen LogP contribution is -2.28. The molecule has 100 valence electrons. The summed E-state index contributed by atoms with van der Waals surface area (Å²) in [6, 6.07) is 5.27. The van der Waals surface area contributed by atoms with Crippen molar-refractivity contribution in [1.82, 2.24) is 5.32 Å². The Balaban J connectivity index is 2.59. The number of hydrogen-bond acceptors (Lipinski definition) is 4. The monoisotopic (exact) mass is 269 g/mol. The van der Waals surface area contributed by atoms with Crippen molar-refractivity contribution in [3.63, 3.8) is 0 Å². The molecular formula is C12H19N3O2S. The van der Waals surface area contributed by atoms with Gasteiger partial charge in [0.05, 0.1) is 0 Å². The molecule has 0 aliphatic carbocycles. The van der Waals surface area contributed by atoms with E-state index in [1.807, 2.05) is 13.8 Å². The minimum atomic E-state index is -0.851. The van der Waals surface area contributed by atoms with Crippen molar-refractivity contribution in [3.05, 3.63) is 29.3 Å².